The van der Waals surface area contributed by atoms with E-state index >= 15 is 0 Å². The smallest absolute Gasteiger partial charge is 0.251 e. The number of likely N-dealkylation sites (N-methyl/N-ethyl adjacent to an activating group) is 1. The molecule has 0 aliphatic heterocycles. The largest absolute Gasteiger partial charge is 0.383 e. The summed E-state index contributed by atoms with van der Waals surface area (Å²) < 4.78 is 0. The molecule has 1 N–H and O–H groups in total. The second-order valence-corrected chi connectivity index (χ2v) is 3.88. The monoisotopic (exact) mass is 207 g/mol. The molecule has 15 heavy (non-hydrogen) atoms. The summed E-state index contributed by atoms with van der Waals surface area (Å²) in [4.78, 5) is 12.9. The first kappa shape index (κ1) is 11.7. The minimum Gasteiger partial charge on any atom is -0.383 e. The van der Waals surface area contributed by atoms with Gasteiger partial charge in [-0.2, -0.15) is 0 Å². The van der Waals surface area contributed by atoms with Crippen molar-refractivity contribution in [3.63, 3.8) is 0 Å². The van der Waals surface area contributed by atoms with Crippen LogP contribution in [0, 0.1) is 0 Å². The van der Waals surface area contributed by atoms with Crippen molar-refractivity contribution >= 4 is 5.91 Å². The molecule has 0 aliphatic rings. The number of carbonyl (C=O) groups excluding carboxylic acids is 1. The highest BCUT2D eigenvalue weighted by Crippen LogP contribution is 2.19. The Morgan fingerprint density at radius 1 is 1.27 bits per heavy atom. The summed E-state index contributed by atoms with van der Waals surface area (Å²) in [5, 5.41) is 9.82. The number of carbonyl (C=O) groups is 1. The Morgan fingerprint density at radius 3 is 2.27 bits per heavy atom. The Morgan fingerprint density at radius 2 is 1.80 bits per heavy atom. The van der Waals surface area contributed by atoms with E-state index in [0.717, 1.165) is 5.56 Å². The van der Waals surface area contributed by atoms with E-state index in [1.54, 1.807) is 14.1 Å². The molecule has 0 aromatic heterocycles. The molecule has 3 nitrogen and oxygen atoms in total. The fourth-order valence-corrected chi connectivity index (χ4v) is 1.42. The lowest BCUT2D eigenvalue weighted by Gasteiger charge is -2.21. The van der Waals surface area contributed by atoms with Crippen LogP contribution < -0.4 is 0 Å². The Hall–Kier alpha value is -1.35. The zero-order valence-corrected chi connectivity index (χ0v) is 9.34. The van der Waals surface area contributed by atoms with Crippen molar-refractivity contribution in [3.8, 4) is 0 Å². The summed E-state index contributed by atoms with van der Waals surface area (Å²) in [6.07, 6.45) is -0.970. The molecular weight excluding hydrogens is 190 g/mol. The normalized spacial score (nSPS) is 14.4. The maximum absolute atomic E-state index is 11.5. The summed E-state index contributed by atoms with van der Waals surface area (Å²) in [6.45, 7) is 1.85. The Balaban J connectivity index is 2.77. The van der Waals surface area contributed by atoms with Gasteiger partial charge < -0.3 is 10.0 Å². The van der Waals surface area contributed by atoms with Gasteiger partial charge in [0.05, 0.1) is 0 Å². The molecule has 0 radical (unpaired) electrons. The van der Waals surface area contributed by atoms with Crippen LogP contribution in [0.2, 0.25) is 0 Å². The van der Waals surface area contributed by atoms with Crippen LogP contribution in [0.5, 0.6) is 0 Å². The molecule has 0 aliphatic carbocycles. The molecule has 1 rings (SSSR count). The second-order valence-electron chi connectivity index (χ2n) is 3.88. The molecule has 2 atom stereocenters. The van der Waals surface area contributed by atoms with E-state index in [1.807, 2.05) is 37.3 Å². The van der Waals surface area contributed by atoms with Crippen LogP contribution in [0.4, 0.5) is 0 Å². The lowest BCUT2D eigenvalue weighted by atomic mass is 9.95. The number of rotatable bonds is 3. The highest BCUT2D eigenvalue weighted by molar-refractivity contribution is 5.81. The first-order valence-corrected chi connectivity index (χ1v) is 4.98. The summed E-state index contributed by atoms with van der Waals surface area (Å²) in [5.41, 5.74) is 0.972. The molecule has 0 saturated heterocycles. The number of hydrogen-bond donors (Lipinski definition) is 1. The van der Waals surface area contributed by atoms with Crippen molar-refractivity contribution in [2.75, 3.05) is 14.1 Å². The molecule has 0 fully saturated rings. The number of amides is 1. The molecular formula is C12H17NO2. The first-order valence-electron chi connectivity index (χ1n) is 4.98. The van der Waals surface area contributed by atoms with Gasteiger partial charge in [-0.1, -0.05) is 37.3 Å². The van der Waals surface area contributed by atoms with Crippen LogP contribution >= 0.6 is 0 Å². The van der Waals surface area contributed by atoms with Gasteiger partial charge in [0.1, 0.15) is 6.10 Å². The lowest BCUT2D eigenvalue weighted by Crippen LogP contribution is -2.36. The van der Waals surface area contributed by atoms with Gasteiger partial charge in [0.15, 0.2) is 0 Å². The number of hydrogen-bond acceptors (Lipinski definition) is 2. The maximum atomic E-state index is 11.5. The van der Waals surface area contributed by atoms with Crippen molar-refractivity contribution in [3.05, 3.63) is 35.9 Å². The van der Waals surface area contributed by atoms with Crippen LogP contribution in [-0.4, -0.2) is 36.1 Å². The highest BCUT2D eigenvalue weighted by atomic mass is 16.3. The predicted molar refractivity (Wildman–Crippen MR) is 59.6 cm³/mol. The third kappa shape index (κ3) is 2.80. The Kier molecular flexibility index (Phi) is 3.86. The molecule has 0 heterocycles. The maximum Gasteiger partial charge on any atom is 0.251 e. The van der Waals surface area contributed by atoms with Crippen molar-refractivity contribution in [2.45, 2.75) is 18.9 Å². The van der Waals surface area contributed by atoms with Crippen molar-refractivity contribution in [2.24, 2.45) is 0 Å². The van der Waals surface area contributed by atoms with E-state index in [-0.39, 0.29) is 11.8 Å². The first-order chi connectivity index (χ1) is 7.04. The zero-order chi connectivity index (χ0) is 11.4. The van der Waals surface area contributed by atoms with E-state index in [2.05, 4.69) is 0 Å². The fraction of sp³-hybridized carbons (Fsp3) is 0.417. The molecule has 0 spiro atoms. The van der Waals surface area contributed by atoms with Gasteiger partial charge in [-0.25, -0.2) is 0 Å². The number of nitrogens with zero attached hydrogens (tertiary/aromatic N) is 1. The van der Waals surface area contributed by atoms with E-state index in [0.29, 0.717) is 0 Å². The average molecular weight is 207 g/mol. The van der Waals surface area contributed by atoms with Crippen LogP contribution in [0.15, 0.2) is 30.3 Å². The summed E-state index contributed by atoms with van der Waals surface area (Å²) >= 11 is 0. The quantitative estimate of drug-likeness (QED) is 0.810. The SMILES string of the molecule is CC(c1ccccc1)C(O)C(=O)N(C)C. The topological polar surface area (TPSA) is 40.5 Å². The third-order valence-electron chi connectivity index (χ3n) is 2.49. The van der Waals surface area contributed by atoms with Crippen LogP contribution in [-0.2, 0) is 4.79 Å². The summed E-state index contributed by atoms with van der Waals surface area (Å²) in [5.74, 6) is -0.438. The Labute approximate surface area is 90.3 Å². The highest BCUT2D eigenvalue weighted by Gasteiger charge is 2.24. The standard InChI is InChI=1S/C12H17NO2/c1-9(10-7-5-4-6-8-10)11(14)12(15)13(2)3/h4-9,11,14H,1-3H3. The van der Waals surface area contributed by atoms with Crippen molar-refractivity contribution in [1.29, 1.82) is 0 Å². The van der Waals surface area contributed by atoms with E-state index in [9.17, 15) is 9.90 Å². The van der Waals surface area contributed by atoms with E-state index in [1.165, 1.54) is 4.90 Å². The van der Waals surface area contributed by atoms with Gasteiger partial charge in [0, 0.05) is 20.0 Å². The summed E-state index contributed by atoms with van der Waals surface area (Å²) in [7, 11) is 3.28. The van der Waals surface area contributed by atoms with Gasteiger partial charge in [0.25, 0.3) is 5.91 Å². The number of aliphatic hydroxyl groups is 1. The third-order valence-corrected chi connectivity index (χ3v) is 2.49. The summed E-state index contributed by atoms with van der Waals surface area (Å²) in [6, 6.07) is 9.54. The van der Waals surface area contributed by atoms with Gasteiger partial charge in [-0.15, -0.1) is 0 Å². The Bertz CT molecular complexity index is 322. The molecule has 0 saturated carbocycles. The minimum absolute atomic E-state index is 0.180. The van der Waals surface area contributed by atoms with E-state index in [4.69, 9.17) is 0 Å². The van der Waals surface area contributed by atoms with Crippen LogP contribution in [0.3, 0.4) is 0 Å². The van der Waals surface area contributed by atoms with Crippen molar-refractivity contribution < 1.29 is 9.90 Å². The van der Waals surface area contributed by atoms with Gasteiger partial charge >= 0.3 is 0 Å². The van der Waals surface area contributed by atoms with Crippen LogP contribution in [0.25, 0.3) is 0 Å². The van der Waals surface area contributed by atoms with Gasteiger partial charge in [-0.05, 0) is 5.56 Å². The molecule has 82 valence electrons. The number of aliphatic hydroxyl groups excluding tert-OH is 1. The molecule has 1 aromatic carbocycles. The second kappa shape index (κ2) is 4.94. The molecule has 3 heteroatoms. The number of benzene rings is 1. The minimum atomic E-state index is -0.970. The van der Waals surface area contributed by atoms with Gasteiger partial charge in [0.2, 0.25) is 0 Å². The fourth-order valence-electron chi connectivity index (χ4n) is 1.42. The van der Waals surface area contributed by atoms with Crippen LogP contribution in [0.1, 0.15) is 18.4 Å². The zero-order valence-electron chi connectivity index (χ0n) is 9.34. The molecule has 0 bridgehead atoms. The average Bonchev–Trinajstić information content (AvgIpc) is 2.27. The predicted octanol–water partition coefficient (Wildman–Crippen LogP) is 1.24. The lowest BCUT2D eigenvalue weighted by molar-refractivity contribution is -0.138. The molecule has 1 aromatic rings. The van der Waals surface area contributed by atoms with Crippen molar-refractivity contribution in [1.82, 2.24) is 4.90 Å². The molecule has 1 amide bonds. The molecule has 2 unspecified atom stereocenters. The van der Waals surface area contributed by atoms with E-state index < -0.39 is 6.10 Å². The van der Waals surface area contributed by atoms with Gasteiger partial charge in [-0.3, -0.25) is 4.79 Å².